The third-order valence-electron chi connectivity index (χ3n) is 2.77. The zero-order valence-corrected chi connectivity index (χ0v) is 11.0. The summed E-state index contributed by atoms with van der Waals surface area (Å²) in [6.45, 7) is 2.04. The predicted molar refractivity (Wildman–Crippen MR) is 63.6 cm³/mol. The van der Waals surface area contributed by atoms with Gasteiger partial charge in [0.1, 0.15) is 5.78 Å². The van der Waals surface area contributed by atoms with Crippen LogP contribution < -0.4 is 0 Å². The molecule has 0 spiro atoms. The Labute approximate surface area is 100 Å². The lowest BCUT2D eigenvalue weighted by molar-refractivity contribution is -0.125. The summed E-state index contributed by atoms with van der Waals surface area (Å²) in [5.41, 5.74) is 2.31. The van der Waals surface area contributed by atoms with Crippen LogP contribution in [0.1, 0.15) is 29.9 Å². The van der Waals surface area contributed by atoms with Crippen LogP contribution in [0.25, 0.3) is 0 Å². The summed E-state index contributed by atoms with van der Waals surface area (Å²) in [6, 6.07) is 4.11. The van der Waals surface area contributed by atoms with E-state index >= 15 is 0 Å². The van der Waals surface area contributed by atoms with Crippen LogP contribution >= 0.6 is 31.9 Å². The van der Waals surface area contributed by atoms with Gasteiger partial charge in [-0.3, -0.25) is 4.79 Å². The van der Waals surface area contributed by atoms with E-state index in [0.29, 0.717) is 5.78 Å². The van der Waals surface area contributed by atoms with Gasteiger partial charge in [-0.15, -0.1) is 0 Å². The van der Waals surface area contributed by atoms with E-state index in [4.69, 9.17) is 0 Å². The number of benzene rings is 1. The smallest absolute Gasteiger partial charge is 0.140 e. The maximum absolute atomic E-state index is 11.3. The van der Waals surface area contributed by atoms with Crippen molar-refractivity contribution in [2.75, 3.05) is 0 Å². The Kier molecular flexibility index (Phi) is 2.80. The zero-order chi connectivity index (χ0) is 10.3. The first-order chi connectivity index (χ1) is 6.59. The monoisotopic (exact) mass is 316 g/mol. The summed E-state index contributed by atoms with van der Waals surface area (Å²) in [5, 5.41) is 0. The average Bonchev–Trinajstić information content (AvgIpc) is 2.11. The summed E-state index contributed by atoms with van der Waals surface area (Å²) in [5.74, 6) is 0.510. The number of hydrogen-bond acceptors (Lipinski definition) is 1. The fraction of sp³-hybridized carbons (Fsp3) is 0.364. The molecule has 0 amide bonds. The van der Waals surface area contributed by atoms with Crippen molar-refractivity contribution in [1.82, 2.24) is 0 Å². The zero-order valence-electron chi connectivity index (χ0n) is 7.81. The molecule has 1 aromatic rings. The molecule has 3 heteroatoms. The lowest BCUT2D eigenvalue weighted by atomic mass is 9.78. The first-order valence-corrected chi connectivity index (χ1v) is 6.16. The molecule has 74 valence electrons. The van der Waals surface area contributed by atoms with Crippen LogP contribution in [0.5, 0.6) is 0 Å². The van der Waals surface area contributed by atoms with E-state index in [9.17, 15) is 4.79 Å². The Morgan fingerprint density at radius 2 is 1.86 bits per heavy atom. The van der Waals surface area contributed by atoms with Crippen LogP contribution in [0.4, 0.5) is 0 Å². The summed E-state index contributed by atoms with van der Waals surface area (Å²) in [6.07, 6.45) is 1.74. The molecule has 0 N–H and O–H groups in total. The van der Waals surface area contributed by atoms with E-state index in [1.807, 2.05) is 6.92 Å². The molecule has 0 aliphatic heterocycles. The number of ketones is 1. The Balaban J connectivity index is 2.40. The van der Waals surface area contributed by atoms with Gasteiger partial charge >= 0.3 is 0 Å². The molecule has 1 aliphatic carbocycles. The molecule has 0 saturated heterocycles. The molecule has 1 aromatic carbocycles. The molecule has 2 rings (SSSR count). The van der Waals surface area contributed by atoms with E-state index in [-0.39, 0.29) is 5.92 Å². The van der Waals surface area contributed by atoms with Gasteiger partial charge in [-0.1, -0.05) is 31.9 Å². The molecule has 1 saturated carbocycles. The molecule has 1 unspecified atom stereocenters. The summed E-state index contributed by atoms with van der Waals surface area (Å²) in [4.78, 5) is 11.3. The molecule has 1 aliphatic rings. The second-order valence-corrected chi connectivity index (χ2v) is 5.38. The molecule has 0 radical (unpaired) electrons. The Morgan fingerprint density at radius 3 is 2.21 bits per heavy atom. The van der Waals surface area contributed by atoms with E-state index in [2.05, 4.69) is 44.0 Å². The SMILES string of the molecule is Cc1c(Br)cc(C2CCC2=O)cc1Br. The Hall–Kier alpha value is -0.150. The second kappa shape index (κ2) is 3.78. The molecule has 0 heterocycles. The fourth-order valence-corrected chi connectivity index (χ4v) is 2.85. The minimum absolute atomic E-state index is 0.142. The highest BCUT2D eigenvalue weighted by molar-refractivity contribution is 9.11. The molecular formula is C11H10Br2O. The molecule has 1 nitrogen and oxygen atoms in total. The first kappa shape index (κ1) is 10.4. The van der Waals surface area contributed by atoms with Gasteiger partial charge in [0, 0.05) is 21.3 Å². The van der Waals surface area contributed by atoms with Crippen molar-refractivity contribution in [2.45, 2.75) is 25.7 Å². The highest BCUT2D eigenvalue weighted by Gasteiger charge is 2.29. The van der Waals surface area contributed by atoms with Gasteiger partial charge in [0.05, 0.1) is 0 Å². The quantitative estimate of drug-likeness (QED) is 0.766. The first-order valence-electron chi connectivity index (χ1n) is 4.58. The average molecular weight is 318 g/mol. The predicted octanol–water partition coefficient (Wildman–Crippen LogP) is 3.97. The van der Waals surface area contributed by atoms with Gasteiger partial charge in [0.2, 0.25) is 0 Å². The Bertz CT molecular complexity index is 375. The van der Waals surface area contributed by atoms with Crippen molar-refractivity contribution >= 4 is 37.6 Å². The largest absolute Gasteiger partial charge is 0.299 e. The second-order valence-electron chi connectivity index (χ2n) is 3.67. The summed E-state index contributed by atoms with van der Waals surface area (Å²) in [7, 11) is 0. The van der Waals surface area contributed by atoms with E-state index in [0.717, 1.165) is 27.4 Å². The normalized spacial score (nSPS) is 20.8. The van der Waals surface area contributed by atoms with Crippen molar-refractivity contribution in [2.24, 2.45) is 0 Å². The number of hydrogen-bond donors (Lipinski definition) is 0. The fourth-order valence-electron chi connectivity index (χ4n) is 1.63. The molecule has 1 fully saturated rings. The number of carbonyl (C=O) groups is 1. The van der Waals surface area contributed by atoms with Crippen LogP contribution in [0.15, 0.2) is 21.1 Å². The third kappa shape index (κ3) is 1.68. The Morgan fingerprint density at radius 1 is 1.29 bits per heavy atom. The standard InChI is InChI=1S/C11H10Br2O/c1-6-9(12)4-7(5-10(6)13)8-2-3-11(8)14/h4-5,8H,2-3H2,1H3. The van der Waals surface area contributed by atoms with Gasteiger partial charge in [0.25, 0.3) is 0 Å². The minimum Gasteiger partial charge on any atom is -0.299 e. The number of Topliss-reactive ketones (excluding diaryl/α,β-unsaturated/α-hetero) is 1. The van der Waals surface area contributed by atoms with E-state index < -0.39 is 0 Å². The highest BCUT2D eigenvalue weighted by atomic mass is 79.9. The van der Waals surface area contributed by atoms with Crippen molar-refractivity contribution in [3.63, 3.8) is 0 Å². The van der Waals surface area contributed by atoms with Crippen molar-refractivity contribution in [3.05, 3.63) is 32.2 Å². The summed E-state index contributed by atoms with van der Waals surface area (Å²) >= 11 is 6.99. The van der Waals surface area contributed by atoms with Crippen molar-refractivity contribution < 1.29 is 4.79 Å². The number of rotatable bonds is 1. The van der Waals surface area contributed by atoms with Gasteiger partial charge in [-0.05, 0) is 36.6 Å². The topological polar surface area (TPSA) is 17.1 Å². The maximum atomic E-state index is 11.3. The highest BCUT2D eigenvalue weighted by Crippen LogP contribution is 2.37. The summed E-state index contributed by atoms with van der Waals surface area (Å²) < 4.78 is 2.14. The van der Waals surface area contributed by atoms with Gasteiger partial charge < -0.3 is 0 Å². The van der Waals surface area contributed by atoms with E-state index in [1.54, 1.807) is 0 Å². The molecule has 0 bridgehead atoms. The number of carbonyl (C=O) groups excluding carboxylic acids is 1. The lowest BCUT2D eigenvalue weighted by Crippen LogP contribution is -2.23. The number of halogens is 2. The van der Waals surface area contributed by atoms with Crippen LogP contribution in [0, 0.1) is 6.92 Å². The van der Waals surface area contributed by atoms with Crippen LogP contribution in [-0.2, 0) is 4.79 Å². The van der Waals surface area contributed by atoms with Gasteiger partial charge in [-0.2, -0.15) is 0 Å². The van der Waals surface area contributed by atoms with Crippen LogP contribution in [-0.4, -0.2) is 5.78 Å². The van der Waals surface area contributed by atoms with Crippen LogP contribution in [0.3, 0.4) is 0 Å². The van der Waals surface area contributed by atoms with E-state index in [1.165, 1.54) is 5.56 Å². The van der Waals surface area contributed by atoms with Gasteiger partial charge in [-0.25, -0.2) is 0 Å². The van der Waals surface area contributed by atoms with Gasteiger partial charge in [0.15, 0.2) is 0 Å². The molecular weight excluding hydrogens is 308 g/mol. The van der Waals surface area contributed by atoms with Crippen molar-refractivity contribution in [3.8, 4) is 0 Å². The van der Waals surface area contributed by atoms with Crippen molar-refractivity contribution in [1.29, 1.82) is 0 Å². The molecule has 14 heavy (non-hydrogen) atoms. The maximum Gasteiger partial charge on any atom is 0.140 e. The third-order valence-corrected chi connectivity index (χ3v) is 4.42. The minimum atomic E-state index is 0.142. The molecule has 0 aromatic heterocycles. The molecule has 1 atom stereocenters. The van der Waals surface area contributed by atoms with Crippen LogP contribution in [0.2, 0.25) is 0 Å². The lowest BCUT2D eigenvalue weighted by Gasteiger charge is -2.25.